The zero-order valence-electron chi connectivity index (χ0n) is 23.9. The number of amides is 4. The second-order valence-corrected chi connectivity index (χ2v) is 14.4. The number of benzene rings is 2. The number of nitrogens with one attached hydrogen (secondary N) is 1. The molecule has 9 nitrogen and oxygen atoms in total. The van der Waals surface area contributed by atoms with Crippen molar-refractivity contribution in [2.75, 3.05) is 39.0 Å². The lowest BCUT2D eigenvalue weighted by atomic mass is 9.85. The van der Waals surface area contributed by atoms with Gasteiger partial charge in [0.15, 0.2) is 9.84 Å². The molecule has 1 saturated carbocycles. The van der Waals surface area contributed by atoms with Gasteiger partial charge >= 0.3 is 6.03 Å². The van der Waals surface area contributed by atoms with E-state index in [4.69, 9.17) is 0 Å². The minimum Gasteiger partial charge on any atom is -0.342 e. The van der Waals surface area contributed by atoms with Crippen LogP contribution in [-0.4, -0.2) is 85.5 Å². The van der Waals surface area contributed by atoms with Crippen LogP contribution in [0.25, 0.3) is 0 Å². The topological polar surface area (TPSA) is 107 Å². The maximum atomic E-state index is 13.5. The Bertz CT molecular complexity index is 1420. The molecule has 4 fully saturated rings. The first-order chi connectivity index (χ1) is 19.6. The van der Waals surface area contributed by atoms with E-state index in [9.17, 15) is 22.8 Å². The van der Waals surface area contributed by atoms with Gasteiger partial charge in [0.1, 0.15) is 5.54 Å². The van der Waals surface area contributed by atoms with Gasteiger partial charge in [0, 0.05) is 51.3 Å². The zero-order valence-corrected chi connectivity index (χ0v) is 25.5. The molecular weight excluding hydrogens is 576 g/mol. The molecule has 11 heteroatoms. The van der Waals surface area contributed by atoms with E-state index in [1.165, 1.54) is 35.4 Å². The molecule has 3 saturated heterocycles. The lowest BCUT2D eigenvalue weighted by Gasteiger charge is -2.38. The van der Waals surface area contributed by atoms with Crippen molar-refractivity contribution in [2.45, 2.75) is 55.0 Å². The predicted molar refractivity (Wildman–Crippen MR) is 161 cm³/mol. The van der Waals surface area contributed by atoms with Crippen molar-refractivity contribution in [3.05, 3.63) is 65.7 Å². The summed E-state index contributed by atoms with van der Waals surface area (Å²) >= 11 is 0. The number of carbonyl (C=O) groups excluding carboxylic acids is 3. The number of rotatable bonds is 8. The third-order valence-electron chi connectivity index (χ3n) is 9.32. The molecule has 1 spiro atoms. The second-order valence-electron chi connectivity index (χ2n) is 12.3. The van der Waals surface area contributed by atoms with E-state index in [1.807, 2.05) is 6.07 Å². The van der Waals surface area contributed by atoms with Crippen molar-refractivity contribution in [1.82, 2.24) is 20.0 Å². The second kappa shape index (κ2) is 12.0. The van der Waals surface area contributed by atoms with E-state index in [-0.39, 0.29) is 41.6 Å². The Labute approximate surface area is 253 Å². The van der Waals surface area contributed by atoms with E-state index in [1.54, 1.807) is 12.1 Å². The molecule has 1 N–H and O–H groups in total. The summed E-state index contributed by atoms with van der Waals surface area (Å²) in [5, 5.41) is 2.98. The lowest BCUT2D eigenvalue weighted by Crippen LogP contribution is -2.55. The van der Waals surface area contributed by atoms with E-state index >= 15 is 0 Å². The largest absolute Gasteiger partial charge is 0.342 e. The molecule has 0 radical (unpaired) electrons. The van der Waals surface area contributed by atoms with Gasteiger partial charge in [-0.1, -0.05) is 42.5 Å². The number of sulfone groups is 1. The van der Waals surface area contributed by atoms with Crippen LogP contribution in [-0.2, 0) is 26.0 Å². The van der Waals surface area contributed by atoms with Crippen LogP contribution in [0, 0.1) is 11.8 Å². The van der Waals surface area contributed by atoms with Crippen LogP contribution < -0.4 is 5.32 Å². The molecule has 3 heterocycles. The van der Waals surface area contributed by atoms with Gasteiger partial charge in [-0.25, -0.2) is 13.2 Å². The van der Waals surface area contributed by atoms with Crippen LogP contribution in [0.2, 0.25) is 0 Å². The highest BCUT2D eigenvalue weighted by molar-refractivity contribution is 7.90. The van der Waals surface area contributed by atoms with Crippen LogP contribution in [0.1, 0.15) is 49.1 Å². The fraction of sp³-hybridized carbons (Fsp3) is 0.516. The summed E-state index contributed by atoms with van der Waals surface area (Å²) in [7, 11) is -3.32. The van der Waals surface area contributed by atoms with Crippen molar-refractivity contribution in [3.8, 4) is 0 Å². The van der Waals surface area contributed by atoms with Crippen molar-refractivity contribution in [2.24, 2.45) is 11.8 Å². The number of nitrogens with zero attached hydrogens (tertiary/aromatic N) is 3. The standard InChI is InChI=1S/C31H38N4O5S.ClH/c1-41(39,40)26-11-9-23(10-12-26)18-35-29(37)31(32-30(35)38)13-15-33(16-14-31)19-25-20-34(28(36)17-22-7-8-22)21-27(25)24-5-3-2-4-6-24;/h2-6,9-12,22,25,27H,7-8,13-21H2,1H3,(H,32,38);1H. The highest BCUT2D eigenvalue weighted by Gasteiger charge is 2.52. The molecule has 42 heavy (non-hydrogen) atoms. The van der Waals surface area contributed by atoms with Crippen LogP contribution in [0.3, 0.4) is 0 Å². The smallest absolute Gasteiger partial charge is 0.325 e. The predicted octanol–water partition coefficient (Wildman–Crippen LogP) is 3.44. The minimum absolute atomic E-state index is 0. The zero-order chi connectivity index (χ0) is 28.8. The van der Waals surface area contributed by atoms with Gasteiger partial charge < -0.3 is 15.1 Å². The number of halogens is 1. The van der Waals surface area contributed by atoms with Crippen LogP contribution in [0.4, 0.5) is 4.79 Å². The summed E-state index contributed by atoms with van der Waals surface area (Å²) in [5.74, 6) is 1.23. The number of hydrogen-bond acceptors (Lipinski definition) is 6. The Hall–Kier alpha value is -2.95. The first kappa shape index (κ1) is 30.5. The normalized spacial score (nSPS) is 24.1. The quantitative estimate of drug-likeness (QED) is 0.457. The molecule has 2 aromatic rings. The van der Waals surface area contributed by atoms with Crippen LogP contribution in [0.5, 0.6) is 0 Å². The van der Waals surface area contributed by atoms with Crippen molar-refractivity contribution in [1.29, 1.82) is 0 Å². The molecular formula is C31H39ClN4O5S. The fourth-order valence-corrected chi connectivity index (χ4v) is 7.30. The molecule has 226 valence electrons. The molecule has 2 aromatic carbocycles. The van der Waals surface area contributed by atoms with Crippen molar-refractivity contribution < 1.29 is 22.8 Å². The average molecular weight is 615 g/mol. The number of imide groups is 1. The first-order valence-electron chi connectivity index (χ1n) is 14.6. The summed E-state index contributed by atoms with van der Waals surface area (Å²) in [6, 6.07) is 16.4. The number of urea groups is 1. The molecule has 1 aliphatic carbocycles. The summed E-state index contributed by atoms with van der Waals surface area (Å²) in [6.45, 7) is 3.85. The molecule has 3 aliphatic heterocycles. The molecule has 0 aromatic heterocycles. The van der Waals surface area contributed by atoms with Crippen LogP contribution in [0.15, 0.2) is 59.5 Å². The third kappa shape index (κ3) is 6.35. The highest BCUT2D eigenvalue weighted by Crippen LogP contribution is 2.38. The van der Waals surface area contributed by atoms with Crippen LogP contribution >= 0.6 is 12.4 Å². The monoisotopic (exact) mass is 614 g/mol. The third-order valence-corrected chi connectivity index (χ3v) is 10.5. The fourth-order valence-electron chi connectivity index (χ4n) is 6.67. The molecule has 2 unspecified atom stereocenters. The van der Waals surface area contributed by atoms with Gasteiger partial charge in [0.2, 0.25) is 5.91 Å². The number of piperidine rings is 1. The number of hydrogen-bond donors (Lipinski definition) is 1. The number of carbonyl (C=O) groups is 3. The summed E-state index contributed by atoms with van der Waals surface area (Å²) in [6.07, 6.45) is 5.23. The highest BCUT2D eigenvalue weighted by atomic mass is 35.5. The summed E-state index contributed by atoms with van der Waals surface area (Å²) in [4.78, 5) is 45.3. The minimum atomic E-state index is -3.32. The Morgan fingerprint density at radius 3 is 2.26 bits per heavy atom. The molecule has 6 rings (SSSR count). The lowest BCUT2D eigenvalue weighted by molar-refractivity contribution is -0.133. The molecule has 4 amide bonds. The Kier molecular flexibility index (Phi) is 8.70. The van der Waals surface area contributed by atoms with E-state index < -0.39 is 21.4 Å². The Balaban J connectivity index is 0.00000353. The van der Waals surface area contributed by atoms with E-state index in [2.05, 4.69) is 39.4 Å². The van der Waals surface area contributed by atoms with Gasteiger partial charge in [-0.15, -0.1) is 12.4 Å². The van der Waals surface area contributed by atoms with Gasteiger partial charge in [0.25, 0.3) is 5.91 Å². The summed E-state index contributed by atoms with van der Waals surface area (Å²) in [5.41, 5.74) is 1.07. The van der Waals surface area contributed by atoms with E-state index in [0.717, 1.165) is 25.9 Å². The molecule has 0 bridgehead atoms. The molecule has 2 atom stereocenters. The Morgan fingerprint density at radius 2 is 1.64 bits per heavy atom. The van der Waals surface area contributed by atoms with Crippen molar-refractivity contribution >= 4 is 40.1 Å². The van der Waals surface area contributed by atoms with E-state index in [0.29, 0.717) is 49.8 Å². The Morgan fingerprint density at radius 1 is 0.976 bits per heavy atom. The number of likely N-dealkylation sites (tertiary alicyclic amines) is 2. The van der Waals surface area contributed by atoms with Crippen molar-refractivity contribution in [3.63, 3.8) is 0 Å². The molecule has 4 aliphatic rings. The van der Waals surface area contributed by atoms with Gasteiger partial charge in [-0.05, 0) is 60.8 Å². The van der Waals surface area contributed by atoms with Gasteiger partial charge in [-0.2, -0.15) is 0 Å². The van der Waals surface area contributed by atoms with Gasteiger partial charge in [-0.3, -0.25) is 14.5 Å². The average Bonchev–Trinajstić information content (AvgIpc) is 3.62. The maximum absolute atomic E-state index is 13.5. The van der Waals surface area contributed by atoms with Gasteiger partial charge in [0.05, 0.1) is 11.4 Å². The maximum Gasteiger partial charge on any atom is 0.325 e. The SMILES string of the molecule is CS(=O)(=O)c1ccc(CN2C(=O)NC3(CCN(CC4CN(C(=O)CC5CC5)CC4c4ccccc4)CC3)C2=O)cc1.Cl. The first-order valence-corrected chi connectivity index (χ1v) is 16.5. The summed E-state index contributed by atoms with van der Waals surface area (Å²) < 4.78 is 23.5.